The molecule has 1 heterocycles. The first kappa shape index (κ1) is 9.67. The van der Waals surface area contributed by atoms with Gasteiger partial charge >= 0.3 is 0 Å². The third-order valence-electron chi connectivity index (χ3n) is 1.38. The number of rotatable bonds is 3. The molecule has 0 fully saturated rings. The number of nitrogen functional groups attached to an aromatic ring is 1. The maximum Gasteiger partial charge on any atom is 0.273 e. The van der Waals surface area contributed by atoms with Crippen molar-refractivity contribution in [2.24, 2.45) is 0 Å². The number of carbonyl (C=O) groups excluding carboxylic acids is 1. The summed E-state index contributed by atoms with van der Waals surface area (Å²) in [7, 11) is 0. The number of anilines is 1. The van der Waals surface area contributed by atoms with Crippen LogP contribution in [0.25, 0.3) is 0 Å². The van der Waals surface area contributed by atoms with E-state index >= 15 is 0 Å². The Kier molecular flexibility index (Phi) is 2.97. The van der Waals surface area contributed by atoms with Crippen molar-refractivity contribution in [2.45, 2.75) is 6.42 Å². The van der Waals surface area contributed by atoms with Gasteiger partial charge in [-0.1, -0.05) is 6.08 Å². The Labute approximate surface area is 80.4 Å². The molecule has 0 aliphatic carbocycles. The van der Waals surface area contributed by atoms with Crippen LogP contribution in [0.1, 0.15) is 16.3 Å². The molecule has 1 rings (SSSR count). The first-order valence-electron chi connectivity index (χ1n) is 3.57. The van der Waals surface area contributed by atoms with Crippen LogP contribution in [0.4, 0.5) is 5.69 Å². The monoisotopic (exact) mass is 197 g/mol. The summed E-state index contributed by atoms with van der Waals surface area (Å²) >= 11 is 5.25. The first-order valence-corrected chi connectivity index (χ1v) is 3.95. The standard InChI is InChI=1S/C8H8ClN3O/c1-2-3-6-11-4-5(10)7(12-6)8(9)13/h2,4H,1,3,10H2. The molecule has 1 aromatic heterocycles. The predicted molar refractivity (Wildman–Crippen MR) is 50.5 cm³/mol. The summed E-state index contributed by atoms with van der Waals surface area (Å²) in [4.78, 5) is 18.6. The van der Waals surface area contributed by atoms with E-state index in [9.17, 15) is 4.79 Å². The minimum atomic E-state index is -0.676. The van der Waals surface area contributed by atoms with Crippen LogP contribution in [0.5, 0.6) is 0 Å². The van der Waals surface area contributed by atoms with Gasteiger partial charge in [0.15, 0.2) is 0 Å². The van der Waals surface area contributed by atoms with Crippen molar-refractivity contribution in [1.29, 1.82) is 0 Å². The molecule has 0 aliphatic heterocycles. The second-order valence-corrected chi connectivity index (χ2v) is 2.70. The van der Waals surface area contributed by atoms with Crippen molar-refractivity contribution in [3.8, 4) is 0 Å². The van der Waals surface area contributed by atoms with E-state index in [0.29, 0.717) is 12.2 Å². The molecule has 2 N–H and O–H groups in total. The van der Waals surface area contributed by atoms with Crippen LogP contribution in [0.2, 0.25) is 0 Å². The molecule has 0 atom stereocenters. The van der Waals surface area contributed by atoms with Gasteiger partial charge in [-0.3, -0.25) is 4.79 Å². The smallest absolute Gasteiger partial charge is 0.273 e. The second-order valence-electron chi connectivity index (χ2n) is 2.36. The average molecular weight is 198 g/mol. The summed E-state index contributed by atoms with van der Waals surface area (Å²) in [5, 5.41) is -0.676. The fourth-order valence-electron chi connectivity index (χ4n) is 0.813. The highest BCUT2D eigenvalue weighted by molar-refractivity contribution is 6.68. The van der Waals surface area contributed by atoms with Gasteiger partial charge in [0.2, 0.25) is 0 Å². The lowest BCUT2D eigenvalue weighted by atomic mass is 10.3. The van der Waals surface area contributed by atoms with Crippen LogP contribution in [0, 0.1) is 0 Å². The van der Waals surface area contributed by atoms with E-state index < -0.39 is 5.24 Å². The number of carbonyl (C=O) groups is 1. The molecule has 0 radical (unpaired) electrons. The van der Waals surface area contributed by atoms with E-state index in [4.69, 9.17) is 17.3 Å². The van der Waals surface area contributed by atoms with Gasteiger partial charge in [0.1, 0.15) is 11.5 Å². The number of aromatic nitrogens is 2. The molecule has 0 unspecified atom stereocenters. The van der Waals surface area contributed by atoms with Crippen LogP contribution < -0.4 is 5.73 Å². The molecule has 68 valence electrons. The molecule has 0 bridgehead atoms. The molecule has 0 aromatic carbocycles. The maximum absolute atomic E-state index is 10.8. The third-order valence-corrected chi connectivity index (χ3v) is 1.56. The van der Waals surface area contributed by atoms with Crippen LogP contribution >= 0.6 is 11.6 Å². The molecular weight excluding hydrogens is 190 g/mol. The van der Waals surface area contributed by atoms with Gasteiger partial charge in [0, 0.05) is 6.42 Å². The van der Waals surface area contributed by atoms with Gasteiger partial charge in [-0.2, -0.15) is 0 Å². The molecule has 0 saturated heterocycles. The summed E-state index contributed by atoms with van der Waals surface area (Å²) < 4.78 is 0. The average Bonchev–Trinajstić information content (AvgIpc) is 2.08. The lowest BCUT2D eigenvalue weighted by Gasteiger charge is -2.00. The van der Waals surface area contributed by atoms with E-state index in [0.717, 1.165) is 0 Å². The van der Waals surface area contributed by atoms with Crippen LogP contribution in [-0.4, -0.2) is 15.2 Å². The zero-order valence-electron chi connectivity index (χ0n) is 6.83. The molecule has 0 amide bonds. The quantitative estimate of drug-likeness (QED) is 0.583. The number of allylic oxidation sites excluding steroid dienone is 1. The van der Waals surface area contributed by atoms with Gasteiger partial charge in [0.25, 0.3) is 5.24 Å². The van der Waals surface area contributed by atoms with Gasteiger partial charge in [-0.05, 0) is 11.6 Å². The molecule has 0 saturated carbocycles. The fraction of sp³-hybridized carbons (Fsp3) is 0.125. The molecular formula is C8H8ClN3O. The van der Waals surface area contributed by atoms with Gasteiger partial charge in [0.05, 0.1) is 11.9 Å². The topological polar surface area (TPSA) is 68.9 Å². The number of halogens is 1. The minimum Gasteiger partial charge on any atom is -0.396 e. The highest BCUT2D eigenvalue weighted by Gasteiger charge is 2.09. The van der Waals surface area contributed by atoms with Crippen molar-refractivity contribution in [3.05, 3.63) is 30.4 Å². The fourth-order valence-corrected chi connectivity index (χ4v) is 0.964. The first-order chi connectivity index (χ1) is 6.15. The highest BCUT2D eigenvalue weighted by Crippen LogP contribution is 2.10. The van der Waals surface area contributed by atoms with E-state index in [-0.39, 0.29) is 11.4 Å². The van der Waals surface area contributed by atoms with Crippen LogP contribution in [-0.2, 0) is 6.42 Å². The molecule has 5 heteroatoms. The van der Waals surface area contributed by atoms with Gasteiger partial charge in [-0.15, -0.1) is 6.58 Å². The van der Waals surface area contributed by atoms with Gasteiger partial charge in [-0.25, -0.2) is 9.97 Å². The van der Waals surface area contributed by atoms with Crippen molar-refractivity contribution in [1.82, 2.24) is 9.97 Å². The summed E-state index contributed by atoms with van der Waals surface area (Å²) in [5.74, 6) is 0.480. The number of nitrogens with zero attached hydrogens (tertiary/aromatic N) is 2. The Balaban J connectivity index is 3.10. The van der Waals surface area contributed by atoms with Crippen molar-refractivity contribution in [2.75, 3.05) is 5.73 Å². The SMILES string of the molecule is C=CCc1ncc(N)c(C(=O)Cl)n1. The van der Waals surface area contributed by atoms with Crippen molar-refractivity contribution in [3.63, 3.8) is 0 Å². The zero-order valence-corrected chi connectivity index (χ0v) is 7.58. The lowest BCUT2D eigenvalue weighted by molar-refractivity contribution is 0.107. The minimum absolute atomic E-state index is 0.0496. The zero-order chi connectivity index (χ0) is 9.84. The van der Waals surface area contributed by atoms with Crippen molar-refractivity contribution >= 4 is 22.5 Å². The summed E-state index contributed by atoms with van der Waals surface area (Å²) in [5.41, 5.74) is 5.67. The normalized spacial score (nSPS) is 9.62. The molecule has 4 nitrogen and oxygen atoms in total. The van der Waals surface area contributed by atoms with E-state index in [2.05, 4.69) is 16.5 Å². The largest absolute Gasteiger partial charge is 0.396 e. The molecule has 0 aliphatic rings. The predicted octanol–water partition coefficient (Wildman–Crippen LogP) is 1.17. The summed E-state index contributed by atoms with van der Waals surface area (Å²) in [6.07, 6.45) is 3.48. The Hall–Kier alpha value is -1.42. The summed E-state index contributed by atoms with van der Waals surface area (Å²) in [6.45, 7) is 3.52. The number of hydrogen-bond acceptors (Lipinski definition) is 4. The Morgan fingerprint density at radius 3 is 3.00 bits per heavy atom. The Morgan fingerprint density at radius 2 is 2.46 bits per heavy atom. The Morgan fingerprint density at radius 1 is 1.77 bits per heavy atom. The van der Waals surface area contributed by atoms with E-state index in [1.165, 1.54) is 6.20 Å². The Bertz CT molecular complexity index is 351. The highest BCUT2D eigenvalue weighted by atomic mass is 35.5. The van der Waals surface area contributed by atoms with Gasteiger partial charge < -0.3 is 5.73 Å². The summed E-state index contributed by atoms with van der Waals surface area (Å²) in [6, 6.07) is 0. The maximum atomic E-state index is 10.8. The van der Waals surface area contributed by atoms with Crippen LogP contribution in [0.3, 0.4) is 0 Å². The van der Waals surface area contributed by atoms with E-state index in [1.807, 2.05) is 0 Å². The molecule has 0 spiro atoms. The second kappa shape index (κ2) is 4.00. The van der Waals surface area contributed by atoms with Crippen LogP contribution in [0.15, 0.2) is 18.9 Å². The van der Waals surface area contributed by atoms with Crippen molar-refractivity contribution < 1.29 is 4.79 Å². The number of hydrogen-bond donors (Lipinski definition) is 1. The number of nitrogens with two attached hydrogens (primary N) is 1. The third kappa shape index (κ3) is 2.26. The lowest BCUT2D eigenvalue weighted by Crippen LogP contribution is -2.05. The van der Waals surface area contributed by atoms with E-state index in [1.54, 1.807) is 6.08 Å². The molecule has 13 heavy (non-hydrogen) atoms. The molecule has 1 aromatic rings.